The normalized spacial score (nSPS) is 19.7. The molecule has 17 heteroatoms. The molecule has 1 saturated carbocycles. The second-order valence-corrected chi connectivity index (χ2v) is 10.4. The number of rotatable bonds is 5. The zero-order valence-corrected chi connectivity index (χ0v) is 22.9. The van der Waals surface area contributed by atoms with Gasteiger partial charge in [0.25, 0.3) is 0 Å². The van der Waals surface area contributed by atoms with E-state index >= 15 is 0 Å². The van der Waals surface area contributed by atoms with Gasteiger partial charge in [-0.1, -0.05) is 35.5 Å². The number of ether oxygens (including phenoxy) is 1. The number of nitrogens with one attached hydrogen (secondary N) is 1. The summed E-state index contributed by atoms with van der Waals surface area (Å²) in [5.41, 5.74) is 4.23. The number of anilines is 1. The SMILES string of the molecule is O=C(O)C(F)(F)F.O=C(O)C(F)(F)F.c1ccc(-c2cc(CN3CCC4(COCc5cnc(NC6CC6)nc54)C3)no2)cc1. The summed E-state index contributed by atoms with van der Waals surface area (Å²) in [4.78, 5) is 29.7. The lowest BCUT2D eigenvalue weighted by molar-refractivity contribution is -0.193. The van der Waals surface area contributed by atoms with Gasteiger partial charge < -0.3 is 24.8 Å². The minimum absolute atomic E-state index is 0.0670. The zero-order valence-electron chi connectivity index (χ0n) is 22.9. The number of likely N-dealkylation sites (tertiary alicyclic amines) is 1. The molecule has 4 heterocycles. The first-order chi connectivity index (χ1) is 20.7. The number of carbonyl (C=O) groups is 2. The number of fused-ring (bicyclic) bond motifs is 2. The smallest absolute Gasteiger partial charge is 0.475 e. The molecule has 44 heavy (non-hydrogen) atoms. The Labute approximate surface area is 245 Å². The Morgan fingerprint density at radius 3 is 2.27 bits per heavy atom. The average Bonchev–Trinajstić information content (AvgIpc) is 3.50. The summed E-state index contributed by atoms with van der Waals surface area (Å²) in [7, 11) is 0. The molecule has 0 amide bonds. The molecule has 3 aromatic rings. The second-order valence-electron chi connectivity index (χ2n) is 10.4. The number of alkyl halides is 6. The van der Waals surface area contributed by atoms with Crippen LogP contribution in [0.3, 0.4) is 0 Å². The molecule has 2 aliphatic heterocycles. The van der Waals surface area contributed by atoms with Crippen LogP contribution in [-0.2, 0) is 32.9 Å². The van der Waals surface area contributed by atoms with E-state index in [1.165, 1.54) is 18.5 Å². The highest BCUT2D eigenvalue weighted by molar-refractivity contribution is 5.73. The molecule has 11 nitrogen and oxygen atoms in total. The van der Waals surface area contributed by atoms with Crippen LogP contribution in [0.5, 0.6) is 0 Å². The number of nitrogens with zero attached hydrogens (tertiary/aromatic N) is 4. The van der Waals surface area contributed by atoms with Crippen LogP contribution in [0.25, 0.3) is 11.3 Å². The number of halogens is 6. The van der Waals surface area contributed by atoms with Crippen molar-refractivity contribution in [2.45, 2.75) is 56.2 Å². The molecule has 1 atom stereocenters. The molecule has 1 spiro atoms. The molecule has 1 unspecified atom stereocenters. The molecule has 1 saturated heterocycles. The molecule has 2 fully saturated rings. The first-order valence-electron chi connectivity index (χ1n) is 13.2. The van der Waals surface area contributed by atoms with Crippen molar-refractivity contribution in [1.82, 2.24) is 20.0 Å². The number of carboxylic acids is 2. The van der Waals surface area contributed by atoms with Crippen LogP contribution in [-0.4, -0.2) is 80.3 Å². The molecule has 238 valence electrons. The lowest BCUT2D eigenvalue weighted by atomic mass is 9.80. The van der Waals surface area contributed by atoms with Gasteiger partial charge in [-0.05, 0) is 25.8 Å². The summed E-state index contributed by atoms with van der Waals surface area (Å²) in [6.07, 6.45) is -4.76. The second kappa shape index (κ2) is 13.2. The van der Waals surface area contributed by atoms with E-state index in [4.69, 9.17) is 34.0 Å². The van der Waals surface area contributed by atoms with E-state index in [0.717, 1.165) is 54.6 Å². The van der Waals surface area contributed by atoms with Crippen LogP contribution in [0.4, 0.5) is 32.3 Å². The summed E-state index contributed by atoms with van der Waals surface area (Å²) < 4.78 is 75.0. The molecular weight excluding hydrogens is 604 g/mol. The number of hydrogen-bond acceptors (Lipinski definition) is 9. The van der Waals surface area contributed by atoms with Gasteiger partial charge in [-0.2, -0.15) is 26.3 Å². The lowest BCUT2D eigenvalue weighted by Crippen LogP contribution is -2.40. The fraction of sp³-hybridized carbons (Fsp3) is 0.444. The maximum absolute atomic E-state index is 10.6. The first kappa shape index (κ1) is 32.7. The third-order valence-corrected chi connectivity index (χ3v) is 6.83. The van der Waals surface area contributed by atoms with Crippen molar-refractivity contribution in [2.24, 2.45) is 0 Å². The molecule has 0 bridgehead atoms. The van der Waals surface area contributed by atoms with Crippen LogP contribution >= 0.6 is 0 Å². The van der Waals surface area contributed by atoms with Crippen LogP contribution in [0.1, 0.15) is 36.2 Å². The number of aromatic nitrogens is 3. The number of aliphatic carboxylic acids is 2. The Morgan fingerprint density at radius 2 is 1.68 bits per heavy atom. The Balaban J connectivity index is 0.000000265. The number of carboxylic acid groups (broad SMARTS) is 2. The van der Waals surface area contributed by atoms with Gasteiger partial charge >= 0.3 is 24.3 Å². The number of hydrogen-bond donors (Lipinski definition) is 3. The average molecular weight is 632 g/mol. The van der Waals surface area contributed by atoms with E-state index < -0.39 is 24.3 Å². The van der Waals surface area contributed by atoms with Crippen molar-refractivity contribution in [3.8, 4) is 11.3 Å². The Morgan fingerprint density at radius 1 is 1.05 bits per heavy atom. The molecule has 3 aliphatic rings. The summed E-state index contributed by atoms with van der Waals surface area (Å²) in [5, 5.41) is 22.0. The van der Waals surface area contributed by atoms with Gasteiger partial charge in [0.05, 0.1) is 30.0 Å². The van der Waals surface area contributed by atoms with Gasteiger partial charge in [0.1, 0.15) is 0 Å². The van der Waals surface area contributed by atoms with Crippen LogP contribution in [0.15, 0.2) is 47.1 Å². The van der Waals surface area contributed by atoms with Crippen molar-refractivity contribution in [1.29, 1.82) is 0 Å². The molecule has 2 aromatic heterocycles. The van der Waals surface area contributed by atoms with Gasteiger partial charge in [0.15, 0.2) is 5.76 Å². The molecule has 6 rings (SSSR count). The minimum atomic E-state index is -5.08. The molecule has 3 N–H and O–H groups in total. The highest BCUT2D eigenvalue weighted by Crippen LogP contribution is 2.40. The Kier molecular flexibility index (Phi) is 9.78. The third-order valence-electron chi connectivity index (χ3n) is 6.83. The quantitative estimate of drug-likeness (QED) is 0.338. The van der Waals surface area contributed by atoms with Crippen molar-refractivity contribution < 1.29 is 55.4 Å². The Bertz CT molecular complexity index is 1420. The monoisotopic (exact) mass is 631 g/mol. The first-order valence-corrected chi connectivity index (χ1v) is 13.2. The highest BCUT2D eigenvalue weighted by atomic mass is 19.4. The maximum Gasteiger partial charge on any atom is 0.490 e. The third kappa shape index (κ3) is 8.66. The fourth-order valence-corrected chi connectivity index (χ4v) is 4.63. The van der Waals surface area contributed by atoms with Crippen molar-refractivity contribution >= 4 is 17.9 Å². The van der Waals surface area contributed by atoms with Crippen LogP contribution in [0.2, 0.25) is 0 Å². The Hall–Kier alpha value is -4.25. The minimum Gasteiger partial charge on any atom is -0.475 e. The predicted octanol–water partition coefficient (Wildman–Crippen LogP) is 4.65. The number of benzene rings is 1. The summed E-state index contributed by atoms with van der Waals surface area (Å²) in [5.74, 6) is -3.94. The van der Waals surface area contributed by atoms with Crippen molar-refractivity contribution in [3.63, 3.8) is 0 Å². The van der Waals surface area contributed by atoms with Gasteiger partial charge in [-0.3, -0.25) is 4.90 Å². The van der Waals surface area contributed by atoms with Gasteiger partial charge in [-0.15, -0.1) is 0 Å². The van der Waals surface area contributed by atoms with E-state index in [9.17, 15) is 26.3 Å². The van der Waals surface area contributed by atoms with E-state index in [1.54, 1.807) is 0 Å². The van der Waals surface area contributed by atoms with E-state index in [2.05, 4.69) is 20.4 Å². The standard InChI is InChI=1S/C23H25N5O2.2C2HF3O2/c1-2-4-16(5-3-1)20-10-19(27-30-20)12-28-9-8-23(14-28)15-29-13-17-11-24-22(26-21(17)23)25-18-6-7-18;2*3-2(4,5)1(6)7/h1-5,10-11,18H,6-9,12-15H2,(H,24,25,26);2*(H,6,7). The van der Waals surface area contributed by atoms with Gasteiger partial charge in [0, 0.05) is 42.5 Å². The van der Waals surface area contributed by atoms with Crippen molar-refractivity contribution in [3.05, 3.63) is 59.5 Å². The summed E-state index contributed by atoms with van der Waals surface area (Å²) >= 11 is 0. The fourth-order valence-electron chi connectivity index (χ4n) is 4.63. The molecule has 1 aliphatic carbocycles. The molecule has 1 aromatic carbocycles. The van der Waals surface area contributed by atoms with Crippen LogP contribution in [0, 0.1) is 0 Å². The van der Waals surface area contributed by atoms with E-state index in [0.29, 0.717) is 19.3 Å². The highest BCUT2D eigenvalue weighted by Gasteiger charge is 2.45. The van der Waals surface area contributed by atoms with Crippen molar-refractivity contribution in [2.75, 3.05) is 25.0 Å². The van der Waals surface area contributed by atoms with E-state index in [-0.39, 0.29) is 5.41 Å². The molecular formula is C27H27F6N5O6. The predicted molar refractivity (Wildman–Crippen MR) is 139 cm³/mol. The lowest BCUT2D eigenvalue weighted by Gasteiger charge is -2.34. The summed E-state index contributed by atoms with van der Waals surface area (Å²) in [6, 6.07) is 12.7. The van der Waals surface area contributed by atoms with E-state index in [1.807, 2.05) is 42.6 Å². The summed E-state index contributed by atoms with van der Waals surface area (Å²) in [6.45, 7) is 3.99. The van der Waals surface area contributed by atoms with Gasteiger partial charge in [-0.25, -0.2) is 19.6 Å². The maximum atomic E-state index is 10.6. The molecule has 0 radical (unpaired) electrons. The topological polar surface area (TPSA) is 151 Å². The zero-order chi connectivity index (χ0) is 32.1. The van der Waals surface area contributed by atoms with Gasteiger partial charge in [0.2, 0.25) is 5.95 Å². The largest absolute Gasteiger partial charge is 0.490 e. The van der Waals surface area contributed by atoms with Crippen LogP contribution < -0.4 is 5.32 Å².